The van der Waals surface area contributed by atoms with Crippen molar-refractivity contribution < 1.29 is 9.47 Å². The van der Waals surface area contributed by atoms with Gasteiger partial charge in [-0.15, -0.1) is 0 Å². The van der Waals surface area contributed by atoms with Crippen LogP contribution >= 0.6 is 0 Å². The summed E-state index contributed by atoms with van der Waals surface area (Å²) in [5.41, 5.74) is 0.432. The molecule has 108 valence electrons. The summed E-state index contributed by atoms with van der Waals surface area (Å²) in [4.78, 5) is 0. The highest BCUT2D eigenvalue weighted by Gasteiger charge is 2.37. The topological polar surface area (TPSA) is 30.5 Å². The Hall–Kier alpha value is -0.120. The molecular formula is C15H31NO2. The molecule has 3 unspecified atom stereocenters. The van der Waals surface area contributed by atoms with Crippen LogP contribution in [0.1, 0.15) is 46.5 Å². The minimum atomic E-state index is 0.342. The number of rotatable bonds is 7. The molecule has 1 N–H and O–H groups in total. The number of ether oxygens (including phenoxy) is 2. The lowest BCUT2D eigenvalue weighted by molar-refractivity contribution is -0.0444. The molecule has 1 saturated carbocycles. The smallest absolute Gasteiger partial charge is 0.0731 e. The maximum absolute atomic E-state index is 6.01. The Bertz CT molecular complexity index is 231. The van der Waals surface area contributed by atoms with Crippen LogP contribution in [0, 0.1) is 11.3 Å². The molecule has 1 rings (SSSR count). The highest BCUT2D eigenvalue weighted by atomic mass is 16.5. The van der Waals surface area contributed by atoms with Crippen LogP contribution in [0.15, 0.2) is 0 Å². The fourth-order valence-corrected chi connectivity index (χ4v) is 2.92. The molecule has 0 bridgehead atoms. The van der Waals surface area contributed by atoms with Gasteiger partial charge in [0.2, 0.25) is 0 Å². The van der Waals surface area contributed by atoms with E-state index in [9.17, 15) is 0 Å². The first-order valence-electron chi connectivity index (χ1n) is 7.33. The lowest BCUT2D eigenvalue weighted by Gasteiger charge is -2.42. The molecule has 3 nitrogen and oxygen atoms in total. The molecule has 1 aliphatic rings. The van der Waals surface area contributed by atoms with Crippen molar-refractivity contribution in [2.24, 2.45) is 11.3 Å². The summed E-state index contributed by atoms with van der Waals surface area (Å²) in [5, 5.41) is 3.41. The zero-order valence-corrected chi connectivity index (χ0v) is 12.8. The Labute approximate surface area is 113 Å². The summed E-state index contributed by atoms with van der Waals surface area (Å²) in [6.07, 6.45) is 5.30. The summed E-state index contributed by atoms with van der Waals surface area (Å²) in [6, 6.07) is 0.505. The molecule has 0 saturated heterocycles. The van der Waals surface area contributed by atoms with Crippen LogP contribution in [0.4, 0.5) is 0 Å². The Morgan fingerprint density at radius 3 is 2.50 bits per heavy atom. The third-order valence-corrected chi connectivity index (χ3v) is 4.80. The molecule has 1 aliphatic carbocycles. The van der Waals surface area contributed by atoms with Gasteiger partial charge in [-0.2, -0.15) is 0 Å². The number of nitrogens with one attached hydrogen (secondary N) is 1. The highest BCUT2D eigenvalue weighted by molar-refractivity contribution is 4.90. The predicted molar refractivity (Wildman–Crippen MR) is 75.9 cm³/mol. The van der Waals surface area contributed by atoms with Gasteiger partial charge in [0, 0.05) is 13.2 Å². The van der Waals surface area contributed by atoms with Gasteiger partial charge in [0.25, 0.3) is 0 Å². The Morgan fingerprint density at radius 2 is 1.94 bits per heavy atom. The monoisotopic (exact) mass is 257 g/mol. The van der Waals surface area contributed by atoms with Crippen LogP contribution in [0.3, 0.4) is 0 Å². The van der Waals surface area contributed by atoms with Gasteiger partial charge in [-0.25, -0.2) is 0 Å². The Morgan fingerprint density at radius 1 is 1.22 bits per heavy atom. The van der Waals surface area contributed by atoms with E-state index < -0.39 is 0 Å². The van der Waals surface area contributed by atoms with Gasteiger partial charge < -0.3 is 14.8 Å². The second-order valence-corrected chi connectivity index (χ2v) is 6.15. The van der Waals surface area contributed by atoms with E-state index >= 15 is 0 Å². The first-order chi connectivity index (χ1) is 8.55. The summed E-state index contributed by atoms with van der Waals surface area (Å²) >= 11 is 0. The van der Waals surface area contributed by atoms with Crippen LogP contribution < -0.4 is 5.32 Å². The quantitative estimate of drug-likeness (QED) is 0.711. The SMILES string of the molecule is CCC(C)(C)C1CCC(NC)C(OCCOC)C1. The van der Waals surface area contributed by atoms with E-state index in [1.165, 1.54) is 25.7 Å². The summed E-state index contributed by atoms with van der Waals surface area (Å²) in [5.74, 6) is 0.777. The predicted octanol–water partition coefficient (Wildman–Crippen LogP) is 2.84. The molecule has 3 heteroatoms. The zero-order chi connectivity index (χ0) is 13.6. The number of hydrogen-bond acceptors (Lipinski definition) is 3. The Kier molecular flexibility index (Phi) is 6.61. The molecule has 0 heterocycles. The molecule has 0 aromatic heterocycles. The van der Waals surface area contributed by atoms with Crippen LogP contribution in [0.5, 0.6) is 0 Å². The van der Waals surface area contributed by atoms with Gasteiger partial charge in [0.15, 0.2) is 0 Å². The van der Waals surface area contributed by atoms with Crippen molar-refractivity contribution in [1.82, 2.24) is 5.32 Å². The molecule has 1 fully saturated rings. The maximum atomic E-state index is 6.01. The lowest BCUT2D eigenvalue weighted by atomic mass is 9.68. The molecule has 0 aliphatic heterocycles. The fourth-order valence-electron chi connectivity index (χ4n) is 2.92. The molecule has 0 spiro atoms. The summed E-state index contributed by atoms with van der Waals surface area (Å²) in [7, 11) is 3.77. The van der Waals surface area contributed by atoms with E-state index in [1.54, 1.807) is 7.11 Å². The maximum Gasteiger partial charge on any atom is 0.0731 e. The van der Waals surface area contributed by atoms with Gasteiger partial charge in [-0.3, -0.25) is 0 Å². The summed E-state index contributed by atoms with van der Waals surface area (Å²) in [6.45, 7) is 8.48. The average molecular weight is 257 g/mol. The molecule has 0 radical (unpaired) electrons. The van der Waals surface area contributed by atoms with Crippen molar-refractivity contribution in [3.63, 3.8) is 0 Å². The average Bonchev–Trinajstić information content (AvgIpc) is 2.39. The van der Waals surface area contributed by atoms with E-state index in [-0.39, 0.29) is 0 Å². The van der Waals surface area contributed by atoms with Crippen molar-refractivity contribution in [2.75, 3.05) is 27.4 Å². The largest absolute Gasteiger partial charge is 0.382 e. The third kappa shape index (κ3) is 4.22. The lowest BCUT2D eigenvalue weighted by Crippen LogP contribution is -2.46. The Balaban J connectivity index is 2.54. The van der Waals surface area contributed by atoms with Gasteiger partial charge in [0.05, 0.1) is 19.3 Å². The van der Waals surface area contributed by atoms with Crippen LogP contribution in [-0.4, -0.2) is 39.5 Å². The van der Waals surface area contributed by atoms with Crippen molar-refractivity contribution in [2.45, 2.75) is 58.6 Å². The number of likely N-dealkylation sites (N-methyl/N-ethyl adjacent to an activating group) is 1. The second-order valence-electron chi connectivity index (χ2n) is 6.15. The first kappa shape index (κ1) is 15.9. The fraction of sp³-hybridized carbons (Fsp3) is 1.00. The standard InChI is InChI=1S/C15H31NO2/c1-6-15(2,3)12-7-8-13(16-4)14(11-12)18-10-9-17-5/h12-14,16H,6-11H2,1-5H3. The van der Waals surface area contributed by atoms with Crippen molar-refractivity contribution in [3.05, 3.63) is 0 Å². The molecule has 3 atom stereocenters. The van der Waals surface area contributed by atoms with Crippen LogP contribution in [0.25, 0.3) is 0 Å². The van der Waals surface area contributed by atoms with Crippen molar-refractivity contribution in [1.29, 1.82) is 0 Å². The van der Waals surface area contributed by atoms with Crippen LogP contribution in [0.2, 0.25) is 0 Å². The molecule has 0 aromatic rings. The third-order valence-electron chi connectivity index (χ3n) is 4.80. The number of hydrogen-bond donors (Lipinski definition) is 1. The van der Waals surface area contributed by atoms with Gasteiger partial charge in [-0.1, -0.05) is 27.2 Å². The molecule has 0 amide bonds. The van der Waals surface area contributed by atoms with E-state index in [2.05, 4.69) is 26.1 Å². The van der Waals surface area contributed by atoms with E-state index in [0.717, 1.165) is 5.92 Å². The zero-order valence-electron chi connectivity index (χ0n) is 12.8. The van der Waals surface area contributed by atoms with E-state index in [0.29, 0.717) is 30.8 Å². The van der Waals surface area contributed by atoms with Crippen LogP contribution in [-0.2, 0) is 9.47 Å². The minimum absolute atomic E-state index is 0.342. The van der Waals surface area contributed by atoms with E-state index in [4.69, 9.17) is 9.47 Å². The van der Waals surface area contributed by atoms with Crippen molar-refractivity contribution in [3.8, 4) is 0 Å². The van der Waals surface area contributed by atoms with E-state index in [1.807, 2.05) is 7.05 Å². The molecular weight excluding hydrogens is 226 g/mol. The molecule has 18 heavy (non-hydrogen) atoms. The minimum Gasteiger partial charge on any atom is -0.382 e. The normalized spacial score (nSPS) is 29.5. The van der Waals surface area contributed by atoms with Gasteiger partial charge in [-0.05, 0) is 37.6 Å². The summed E-state index contributed by atoms with van der Waals surface area (Å²) < 4.78 is 11.1. The first-order valence-corrected chi connectivity index (χ1v) is 7.33. The van der Waals surface area contributed by atoms with Crippen molar-refractivity contribution >= 4 is 0 Å². The highest BCUT2D eigenvalue weighted by Crippen LogP contribution is 2.41. The second kappa shape index (κ2) is 7.46. The van der Waals surface area contributed by atoms with Gasteiger partial charge in [0.1, 0.15) is 0 Å². The molecule has 0 aromatic carbocycles. The number of methoxy groups -OCH3 is 1. The van der Waals surface area contributed by atoms with Gasteiger partial charge >= 0.3 is 0 Å².